The summed E-state index contributed by atoms with van der Waals surface area (Å²) >= 11 is 5.31. The fourth-order valence-corrected chi connectivity index (χ4v) is 2.68. The van der Waals surface area contributed by atoms with Crippen molar-refractivity contribution in [3.05, 3.63) is 78.1 Å². The quantitative estimate of drug-likeness (QED) is 0.492. The van der Waals surface area contributed by atoms with Crippen LogP contribution in [0.5, 0.6) is 0 Å². The van der Waals surface area contributed by atoms with Crippen molar-refractivity contribution < 1.29 is 0 Å². The predicted octanol–water partition coefficient (Wildman–Crippen LogP) is 3.46. The molecular weight excluding hydrogens is 316 g/mol. The number of rotatable bonds is 5. The van der Waals surface area contributed by atoms with Crippen molar-refractivity contribution in [1.29, 1.82) is 0 Å². The van der Waals surface area contributed by atoms with Gasteiger partial charge in [-0.05, 0) is 36.2 Å². The Morgan fingerprint density at radius 1 is 1.04 bits per heavy atom. The van der Waals surface area contributed by atoms with Crippen LogP contribution in [-0.2, 0) is 6.54 Å². The molecule has 24 heavy (non-hydrogen) atoms. The van der Waals surface area contributed by atoms with Crippen LogP contribution in [0.15, 0.2) is 66.9 Å². The van der Waals surface area contributed by atoms with Crippen molar-refractivity contribution in [2.75, 3.05) is 0 Å². The molecule has 0 aliphatic rings. The molecule has 1 heterocycles. The van der Waals surface area contributed by atoms with Crippen LogP contribution in [0.4, 0.5) is 0 Å². The number of pyridine rings is 1. The first-order valence-corrected chi connectivity index (χ1v) is 8.32. The number of hydrogen-bond donors (Lipinski definition) is 3. The highest BCUT2D eigenvalue weighted by atomic mass is 32.1. The van der Waals surface area contributed by atoms with Gasteiger partial charge in [-0.2, -0.15) is 0 Å². The van der Waals surface area contributed by atoms with Gasteiger partial charge in [0.25, 0.3) is 0 Å². The molecule has 0 fully saturated rings. The summed E-state index contributed by atoms with van der Waals surface area (Å²) in [4.78, 5) is 4.51. The van der Waals surface area contributed by atoms with E-state index in [4.69, 9.17) is 12.2 Å². The zero-order valence-corrected chi connectivity index (χ0v) is 14.3. The summed E-state index contributed by atoms with van der Waals surface area (Å²) in [6.45, 7) is 2.75. The molecule has 0 radical (unpaired) electrons. The van der Waals surface area contributed by atoms with Gasteiger partial charge in [0.15, 0.2) is 5.11 Å². The van der Waals surface area contributed by atoms with Crippen molar-refractivity contribution in [3.8, 4) is 0 Å². The average Bonchev–Trinajstić information content (AvgIpc) is 2.64. The second kappa shape index (κ2) is 7.86. The van der Waals surface area contributed by atoms with Crippen LogP contribution in [0.3, 0.4) is 0 Å². The maximum absolute atomic E-state index is 5.31. The number of benzene rings is 2. The number of nitrogens with zero attached hydrogens (tertiary/aromatic N) is 1. The van der Waals surface area contributed by atoms with Crippen molar-refractivity contribution >= 4 is 28.1 Å². The molecule has 0 aliphatic heterocycles. The van der Waals surface area contributed by atoms with E-state index < -0.39 is 0 Å². The molecule has 3 aromatic rings. The molecule has 0 aliphatic carbocycles. The standard InChI is InChI=1S/C19H20N4S/c1-14(18-17-10-6-5-9-16(17)11-12-20-18)22-23-19(24)21-13-15-7-3-2-4-8-15/h2-12,14,22H,13H2,1H3,(H2,21,23,24)/t14-/m0/s1. The van der Waals surface area contributed by atoms with Crippen LogP contribution in [0.1, 0.15) is 24.2 Å². The summed E-state index contributed by atoms with van der Waals surface area (Å²) in [6, 6.07) is 20.4. The number of nitrogens with one attached hydrogen (secondary N) is 3. The van der Waals surface area contributed by atoms with E-state index in [0.717, 1.165) is 11.1 Å². The van der Waals surface area contributed by atoms with Crippen LogP contribution in [0, 0.1) is 0 Å². The van der Waals surface area contributed by atoms with Crippen molar-refractivity contribution in [1.82, 2.24) is 21.2 Å². The van der Waals surface area contributed by atoms with E-state index in [9.17, 15) is 0 Å². The highest BCUT2D eigenvalue weighted by molar-refractivity contribution is 7.80. The number of aromatic nitrogens is 1. The fourth-order valence-electron chi connectivity index (χ4n) is 2.55. The molecule has 1 aromatic heterocycles. The van der Waals surface area contributed by atoms with E-state index in [1.54, 1.807) is 0 Å². The zero-order chi connectivity index (χ0) is 16.8. The second-order valence-electron chi connectivity index (χ2n) is 5.58. The summed E-state index contributed by atoms with van der Waals surface area (Å²) in [5.41, 5.74) is 8.43. The highest BCUT2D eigenvalue weighted by Gasteiger charge is 2.10. The Balaban J connectivity index is 1.56. The lowest BCUT2D eigenvalue weighted by atomic mass is 10.1. The predicted molar refractivity (Wildman–Crippen MR) is 102 cm³/mol. The fraction of sp³-hybridized carbons (Fsp3) is 0.158. The second-order valence-corrected chi connectivity index (χ2v) is 5.98. The highest BCUT2D eigenvalue weighted by Crippen LogP contribution is 2.21. The summed E-state index contributed by atoms with van der Waals surface area (Å²) in [5, 5.41) is 6.07. The van der Waals surface area contributed by atoms with Crippen LogP contribution >= 0.6 is 12.2 Å². The van der Waals surface area contributed by atoms with Crippen LogP contribution in [0.25, 0.3) is 10.8 Å². The van der Waals surface area contributed by atoms with Crippen molar-refractivity contribution in [3.63, 3.8) is 0 Å². The Labute approximate surface area is 147 Å². The number of thiocarbonyl (C=S) groups is 1. The Kier molecular flexibility index (Phi) is 5.36. The SMILES string of the molecule is C[C@H](NNC(=S)NCc1ccccc1)c1nccc2ccccc12. The average molecular weight is 336 g/mol. The minimum absolute atomic E-state index is 0.0209. The van der Waals surface area contributed by atoms with Gasteiger partial charge < -0.3 is 5.32 Å². The maximum Gasteiger partial charge on any atom is 0.181 e. The van der Waals surface area contributed by atoms with Gasteiger partial charge in [0.1, 0.15) is 0 Å². The summed E-state index contributed by atoms with van der Waals surface area (Å²) in [5.74, 6) is 0. The molecule has 0 unspecified atom stereocenters. The smallest absolute Gasteiger partial charge is 0.181 e. The van der Waals surface area contributed by atoms with Gasteiger partial charge in [-0.25, -0.2) is 5.43 Å². The Morgan fingerprint density at radius 3 is 2.62 bits per heavy atom. The van der Waals surface area contributed by atoms with Gasteiger partial charge >= 0.3 is 0 Å². The third kappa shape index (κ3) is 4.07. The Morgan fingerprint density at radius 2 is 1.79 bits per heavy atom. The minimum atomic E-state index is 0.0209. The van der Waals surface area contributed by atoms with E-state index in [1.165, 1.54) is 10.9 Å². The first-order chi connectivity index (χ1) is 11.7. The molecule has 0 amide bonds. The third-order valence-corrected chi connectivity index (χ3v) is 4.06. The Bertz CT molecular complexity index is 814. The van der Waals surface area contributed by atoms with Gasteiger partial charge in [0.05, 0.1) is 11.7 Å². The molecule has 0 spiro atoms. The van der Waals surface area contributed by atoms with Crippen molar-refractivity contribution in [2.45, 2.75) is 19.5 Å². The monoisotopic (exact) mass is 336 g/mol. The molecule has 0 saturated carbocycles. The molecule has 3 rings (SSSR count). The zero-order valence-electron chi connectivity index (χ0n) is 13.5. The largest absolute Gasteiger partial charge is 0.358 e. The number of hydrazine groups is 1. The third-order valence-electron chi connectivity index (χ3n) is 3.81. The number of hydrogen-bond acceptors (Lipinski definition) is 3. The van der Waals surface area contributed by atoms with Gasteiger partial charge in [0.2, 0.25) is 0 Å². The van der Waals surface area contributed by atoms with Crippen LogP contribution in [-0.4, -0.2) is 10.1 Å². The lowest BCUT2D eigenvalue weighted by Crippen LogP contribution is -2.44. The molecule has 3 N–H and O–H groups in total. The first-order valence-electron chi connectivity index (χ1n) is 7.91. The molecule has 2 aromatic carbocycles. The molecule has 4 nitrogen and oxygen atoms in total. The summed E-state index contributed by atoms with van der Waals surface area (Å²) in [7, 11) is 0. The van der Waals surface area contributed by atoms with E-state index in [0.29, 0.717) is 11.7 Å². The molecule has 1 atom stereocenters. The molecule has 122 valence electrons. The minimum Gasteiger partial charge on any atom is -0.358 e. The number of fused-ring (bicyclic) bond motifs is 1. The van der Waals surface area contributed by atoms with E-state index in [1.807, 2.05) is 42.6 Å². The maximum atomic E-state index is 5.31. The first kappa shape index (κ1) is 16.4. The molecule has 5 heteroatoms. The summed E-state index contributed by atoms with van der Waals surface area (Å²) in [6.07, 6.45) is 1.84. The topological polar surface area (TPSA) is 49.0 Å². The lowest BCUT2D eigenvalue weighted by Gasteiger charge is -2.18. The van der Waals surface area contributed by atoms with Gasteiger partial charge in [-0.15, -0.1) is 0 Å². The van der Waals surface area contributed by atoms with Gasteiger partial charge in [-0.1, -0.05) is 54.6 Å². The van der Waals surface area contributed by atoms with Crippen molar-refractivity contribution in [2.24, 2.45) is 0 Å². The van der Waals surface area contributed by atoms with Gasteiger partial charge in [0, 0.05) is 18.1 Å². The molecule has 0 saturated heterocycles. The molecular formula is C19H20N4S. The van der Waals surface area contributed by atoms with Crippen LogP contribution in [0.2, 0.25) is 0 Å². The normalized spacial score (nSPS) is 11.9. The molecule has 0 bridgehead atoms. The van der Waals surface area contributed by atoms with Crippen LogP contribution < -0.4 is 16.2 Å². The summed E-state index contributed by atoms with van der Waals surface area (Å²) < 4.78 is 0. The van der Waals surface area contributed by atoms with E-state index >= 15 is 0 Å². The van der Waals surface area contributed by atoms with E-state index in [2.05, 4.69) is 52.3 Å². The van der Waals surface area contributed by atoms with Gasteiger partial charge in [-0.3, -0.25) is 10.4 Å². The Hall–Kier alpha value is -2.50. The lowest BCUT2D eigenvalue weighted by molar-refractivity contribution is 0.531. The van der Waals surface area contributed by atoms with E-state index in [-0.39, 0.29) is 6.04 Å².